The van der Waals surface area contributed by atoms with Crippen molar-refractivity contribution < 1.29 is 14.5 Å². The van der Waals surface area contributed by atoms with Crippen LogP contribution in [0.5, 0.6) is 0 Å². The lowest BCUT2D eigenvalue weighted by atomic mass is 10.0. The molecule has 0 saturated heterocycles. The summed E-state index contributed by atoms with van der Waals surface area (Å²) in [5, 5.41) is 17.3. The summed E-state index contributed by atoms with van der Waals surface area (Å²) >= 11 is 0. The third-order valence-corrected chi connectivity index (χ3v) is 4.19. The molecular formula is C21H24N4O4. The average Bonchev–Trinajstić information content (AvgIpc) is 2.71. The summed E-state index contributed by atoms with van der Waals surface area (Å²) in [4.78, 5) is 34.0. The highest BCUT2D eigenvalue weighted by Crippen LogP contribution is 2.14. The summed E-state index contributed by atoms with van der Waals surface area (Å²) in [7, 11) is 0. The number of hydrogen-bond donors (Lipinski definition) is 2. The molecule has 0 saturated carbocycles. The third kappa shape index (κ3) is 7.17. The van der Waals surface area contributed by atoms with Gasteiger partial charge in [0.1, 0.15) is 0 Å². The molecule has 2 amide bonds. The number of hydrazone groups is 1. The van der Waals surface area contributed by atoms with Gasteiger partial charge in [0.2, 0.25) is 5.91 Å². The standard InChI is InChI=1S/C21H24N4O4/c1-15(2)17-10-8-16(9-11-17)14-23-24-20(26)7-4-12-22-21(27)18-5-3-6-19(13-18)25(28)29/h3,5-6,8-11,13-15H,4,7,12H2,1-2H3,(H,22,27)(H,24,26). The van der Waals surface area contributed by atoms with Crippen LogP contribution in [0, 0.1) is 10.1 Å². The lowest BCUT2D eigenvalue weighted by molar-refractivity contribution is -0.384. The largest absolute Gasteiger partial charge is 0.352 e. The van der Waals surface area contributed by atoms with Gasteiger partial charge in [0.25, 0.3) is 11.6 Å². The molecule has 8 heteroatoms. The zero-order valence-corrected chi connectivity index (χ0v) is 16.4. The van der Waals surface area contributed by atoms with Gasteiger partial charge in [-0.1, -0.05) is 44.2 Å². The topological polar surface area (TPSA) is 114 Å². The first-order chi connectivity index (χ1) is 13.9. The number of non-ortho nitro benzene ring substituents is 1. The molecule has 2 rings (SSSR count). The van der Waals surface area contributed by atoms with E-state index in [4.69, 9.17) is 0 Å². The molecule has 2 N–H and O–H groups in total. The predicted octanol–water partition coefficient (Wildman–Crippen LogP) is 3.38. The van der Waals surface area contributed by atoms with Gasteiger partial charge in [-0.15, -0.1) is 0 Å². The van der Waals surface area contributed by atoms with Gasteiger partial charge in [-0.25, -0.2) is 5.43 Å². The maximum Gasteiger partial charge on any atom is 0.270 e. The van der Waals surface area contributed by atoms with Crippen LogP contribution < -0.4 is 10.7 Å². The summed E-state index contributed by atoms with van der Waals surface area (Å²) in [5.41, 5.74) is 4.63. The van der Waals surface area contributed by atoms with Gasteiger partial charge >= 0.3 is 0 Å². The summed E-state index contributed by atoms with van der Waals surface area (Å²) < 4.78 is 0. The Morgan fingerprint density at radius 3 is 2.55 bits per heavy atom. The van der Waals surface area contributed by atoms with Gasteiger partial charge in [-0.3, -0.25) is 19.7 Å². The summed E-state index contributed by atoms with van der Waals surface area (Å²) in [6.45, 7) is 4.51. The third-order valence-electron chi connectivity index (χ3n) is 4.19. The molecule has 0 aliphatic rings. The summed E-state index contributed by atoms with van der Waals surface area (Å²) in [5.74, 6) is -0.222. The fourth-order valence-electron chi connectivity index (χ4n) is 2.52. The maximum atomic E-state index is 12.0. The van der Waals surface area contributed by atoms with E-state index < -0.39 is 10.8 Å². The molecule has 0 aliphatic carbocycles. The number of benzene rings is 2. The number of rotatable bonds is 9. The van der Waals surface area contributed by atoms with Crippen molar-refractivity contribution in [1.82, 2.24) is 10.7 Å². The van der Waals surface area contributed by atoms with Crippen LogP contribution in [0.4, 0.5) is 5.69 Å². The van der Waals surface area contributed by atoms with Crippen LogP contribution in [-0.2, 0) is 4.79 Å². The van der Waals surface area contributed by atoms with Crippen LogP contribution in [0.25, 0.3) is 0 Å². The Labute approximate surface area is 169 Å². The maximum absolute atomic E-state index is 12.0. The Morgan fingerprint density at radius 2 is 1.90 bits per heavy atom. The van der Waals surface area contributed by atoms with Crippen molar-refractivity contribution >= 4 is 23.7 Å². The van der Waals surface area contributed by atoms with E-state index in [1.807, 2.05) is 24.3 Å². The van der Waals surface area contributed by atoms with Crippen LogP contribution in [-0.4, -0.2) is 29.5 Å². The Balaban J connectivity index is 1.69. The number of carbonyl (C=O) groups excluding carboxylic acids is 2. The van der Waals surface area contributed by atoms with E-state index >= 15 is 0 Å². The lowest BCUT2D eigenvalue weighted by Crippen LogP contribution is -2.26. The van der Waals surface area contributed by atoms with E-state index in [9.17, 15) is 19.7 Å². The quantitative estimate of drug-likeness (QED) is 0.293. The smallest absolute Gasteiger partial charge is 0.270 e. The zero-order valence-electron chi connectivity index (χ0n) is 16.4. The van der Waals surface area contributed by atoms with E-state index in [2.05, 4.69) is 29.7 Å². The SMILES string of the molecule is CC(C)c1ccc(C=NNC(=O)CCCNC(=O)c2cccc([N+](=O)[O-])c2)cc1. The number of carbonyl (C=O) groups is 2. The van der Waals surface area contributed by atoms with Gasteiger partial charge in [-0.05, 0) is 29.5 Å². The highest BCUT2D eigenvalue weighted by molar-refractivity contribution is 5.94. The van der Waals surface area contributed by atoms with E-state index in [-0.39, 0.29) is 30.1 Å². The Morgan fingerprint density at radius 1 is 1.17 bits per heavy atom. The Bertz CT molecular complexity index is 892. The fraction of sp³-hybridized carbons (Fsp3) is 0.286. The molecule has 8 nitrogen and oxygen atoms in total. The number of nitrogens with zero attached hydrogens (tertiary/aromatic N) is 2. The molecule has 29 heavy (non-hydrogen) atoms. The molecular weight excluding hydrogens is 372 g/mol. The van der Waals surface area contributed by atoms with Gasteiger partial charge in [0, 0.05) is 30.7 Å². The van der Waals surface area contributed by atoms with Gasteiger partial charge in [0.15, 0.2) is 0 Å². The first-order valence-electron chi connectivity index (χ1n) is 9.31. The normalized spacial score (nSPS) is 10.9. The fourth-order valence-corrected chi connectivity index (χ4v) is 2.52. The van der Waals surface area contributed by atoms with Crippen molar-refractivity contribution in [2.45, 2.75) is 32.6 Å². The zero-order chi connectivity index (χ0) is 21.2. The average molecular weight is 396 g/mol. The molecule has 0 heterocycles. The van der Waals surface area contributed by atoms with Crippen molar-refractivity contribution in [2.24, 2.45) is 5.10 Å². The molecule has 0 spiro atoms. The minimum Gasteiger partial charge on any atom is -0.352 e. The van der Waals surface area contributed by atoms with E-state index in [0.29, 0.717) is 12.3 Å². The van der Waals surface area contributed by atoms with Crippen LogP contribution >= 0.6 is 0 Å². The van der Waals surface area contributed by atoms with E-state index in [1.165, 1.54) is 29.8 Å². The molecule has 2 aromatic rings. The first kappa shape index (κ1) is 21.7. The molecule has 0 unspecified atom stereocenters. The monoisotopic (exact) mass is 396 g/mol. The van der Waals surface area contributed by atoms with Crippen LogP contribution in [0.2, 0.25) is 0 Å². The molecule has 0 atom stereocenters. The summed E-state index contributed by atoms with van der Waals surface area (Å²) in [6, 6.07) is 13.4. The van der Waals surface area contributed by atoms with Crippen LogP contribution in [0.1, 0.15) is 54.1 Å². The molecule has 0 radical (unpaired) electrons. The number of amides is 2. The van der Waals surface area contributed by atoms with Crippen molar-refractivity contribution in [2.75, 3.05) is 6.54 Å². The molecule has 0 fully saturated rings. The molecule has 0 aromatic heterocycles. The van der Waals surface area contributed by atoms with E-state index in [0.717, 1.165) is 5.56 Å². The van der Waals surface area contributed by atoms with Gasteiger partial charge in [-0.2, -0.15) is 5.10 Å². The first-order valence-corrected chi connectivity index (χ1v) is 9.31. The van der Waals surface area contributed by atoms with Crippen molar-refractivity contribution in [1.29, 1.82) is 0 Å². The second-order valence-corrected chi connectivity index (χ2v) is 6.78. The number of nitro groups is 1. The number of hydrogen-bond acceptors (Lipinski definition) is 5. The van der Waals surface area contributed by atoms with E-state index in [1.54, 1.807) is 6.21 Å². The number of nitro benzene ring substituents is 1. The lowest BCUT2D eigenvalue weighted by Gasteiger charge is -2.05. The van der Waals surface area contributed by atoms with Crippen molar-refractivity contribution in [3.63, 3.8) is 0 Å². The molecule has 0 bridgehead atoms. The highest BCUT2D eigenvalue weighted by atomic mass is 16.6. The minimum atomic E-state index is -0.555. The van der Waals surface area contributed by atoms with Gasteiger partial charge < -0.3 is 5.32 Å². The predicted molar refractivity (Wildman–Crippen MR) is 111 cm³/mol. The Kier molecular flexibility index (Phi) is 8.02. The molecule has 0 aliphatic heterocycles. The molecule has 152 valence electrons. The second-order valence-electron chi connectivity index (χ2n) is 6.78. The number of nitrogens with one attached hydrogen (secondary N) is 2. The van der Waals surface area contributed by atoms with Gasteiger partial charge in [0.05, 0.1) is 11.1 Å². The molecule has 2 aromatic carbocycles. The minimum absolute atomic E-state index is 0.145. The highest BCUT2D eigenvalue weighted by Gasteiger charge is 2.11. The van der Waals surface area contributed by atoms with Crippen LogP contribution in [0.3, 0.4) is 0 Å². The van der Waals surface area contributed by atoms with Crippen molar-refractivity contribution in [3.8, 4) is 0 Å². The van der Waals surface area contributed by atoms with Crippen LogP contribution in [0.15, 0.2) is 53.6 Å². The van der Waals surface area contributed by atoms with Crippen molar-refractivity contribution in [3.05, 3.63) is 75.3 Å². The Hall–Kier alpha value is -3.55. The second kappa shape index (κ2) is 10.7. The summed E-state index contributed by atoms with van der Waals surface area (Å²) in [6.07, 6.45) is 2.19.